The molecule has 0 saturated carbocycles. The van der Waals surface area contributed by atoms with Gasteiger partial charge in [-0.05, 0) is 31.9 Å². The molecule has 1 saturated heterocycles. The second kappa shape index (κ2) is 6.04. The molecule has 1 aliphatic rings. The van der Waals surface area contributed by atoms with Crippen LogP contribution in [0.1, 0.15) is 28.9 Å². The van der Waals surface area contributed by atoms with Crippen molar-refractivity contribution in [3.63, 3.8) is 0 Å². The second-order valence-electron chi connectivity index (χ2n) is 5.55. The van der Waals surface area contributed by atoms with Gasteiger partial charge >= 0.3 is 5.97 Å². The average molecular weight is 334 g/mol. The van der Waals surface area contributed by atoms with Crippen LogP contribution in [0.2, 0.25) is 5.02 Å². The van der Waals surface area contributed by atoms with E-state index in [9.17, 15) is 14.7 Å². The van der Waals surface area contributed by atoms with E-state index in [0.717, 1.165) is 0 Å². The van der Waals surface area contributed by atoms with Crippen molar-refractivity contribution in [3.8, 4) is 5.69 Å². The molecule has 0 aliphatic carbocycles. The summed E-state index contributed by atoms with van der Waals surface area (Å²) in [6, 6.07) is 6.43. The van der Waals surface area contributed by atoms with E-state index in [2.05, 4.69) is 5.10 Å². The molecular weight excluding hydrogens is 318 g/mol. The maximum atomic E-state index is 12.7. The SMILES string of the molecule is Cc1cn(-c2ccccc2Cl)nc1C(=O)N1CCCC1C(=O)O. The average Bonchev–Trinajstić information content (AvgIpc) is 3.14. The van der Waals surface area contributed by atoms with Crippen LogP contribution in [0.15, 0.2) is 30.5 Å². The molecule has 3 rings (SSSR count). The minimum Gasteiger partial charge on any atom is -0.480 e. The minimum absolute atomic E-state index is 0.262. The van der Waals surface area contributed by atoms with Crippen LogP contribution in [0.3, 0.4) is 0 Å². The number of carboxylic acids is 1. The highest BCUT2D eigenvalue weighted by atomic mass is 35.5. The van der Waals surface area contributed by atoms with E-state index in [1.807, 2.05) is 12.1 Å². The number of halogens is 1. The summed E-state index contributed by atoms with van der Waals surface area (Å²) in [5, 5.41) is 14.1. The quantitative estimate of drug-likeness (QED) is 0.936. The Morgan fingerprint density at radius 3 is 2.78 bits per heavy atom. The normalized spacial score (nSPS) is 17.5. The molecule has 2 heterocycles. The Balaban J connectivity index is 1.94. The van der Waals surface area contributed by atoms with E-state index in [0.29, 0.717) is 35.7 Å². The first-order chi connectivity index (χ1) is 11.0. The molecule has 1 aromatic heterocycles. The summed E-state index contributed by atoms with van der Waals surface area (Å²) in [4.78, 5) is 25.3. The monoisotopic (exact) mass is 333 g/mol. The Morgan fingerprint density at radius 2 is 2.09 bits per heavy atom. The number of aromatic nitrogens is 2. The number of nitrogens with zero attached hydrogens (tertiary/aromatic N) is 3. The number of carbonyl (C=O) groups is 2. The topological polar surface area (TPSA) is 75.4 Å². The fraction of sp³-hybridized carbons (Fsp3) is 0.312. The lowest BCUT2D eigenvalue weighted by Gasteiger charge is -2.20. The zero-order valence-electron chi connectivity index (χ0n) is 12.6. The van der Waals surface area contributed by atoms with Gasteiger partial charge in [-0.1, -0.05) is 23.7 Å². The Kier molecular flexibility index (Phi) is 4.09. The summed E-state index contributed by atoms with van der Waals surface area (Å²) in [6.45, 7) is 2.22. The molecule has 1 N–H and O–H groups in total. The number of carbonyl (C=O) groups excluding carboxylic acids is 1. The minimum atomic E-state index is -0.973. The van der Waals surface area contributed by atoms with Crippen LogP contribution in [-0.4, -0.2) is 44.3 Å². The number of amides is 1. The van der Waals surface area contributed by atoms with Crippen LogP contribution < -0.4 is 0 Å². The third-order valence-electron chi connectivity index (χ3n) is 4.00. The van der Waals surface area contributed by atoms with E-state index in [1.165, 1.54) is 4.90 Å². The van der Waals surface area contributed by atoms with Crippen LogP contribution in [0, 0.1) is 6.92 Å². The highest BCUT2D eigenvalue weighted by Gasteiger charge is 2.36. The van der Waals surface area contributed by atoms with Crippen LogP contribution in [0.25, 0.3) is 5.69 Å². The molecular formula is C16H16ClN3O3. The van der Waals surface area contributed by atoms with Crippen molar-refractivity contribution in [1.82, 2.24) is 14.7 Å². The Hall–Kier alpha value is -2.34. The Bertz CT molecular complexity index is 772. The van der Waals surface area contributed by atoms with Crippen molar-refractivity contribution in [2.45, 2.75) is 25.8 Å². The number of benzene rings is 1. The van der Waals surface area contributed by atoms with Crippen molar-refractivity contribution >= 4 is 23.5 Å². The second-order valence-corrected chi connectivity index (χ2v) is 5.96. The number of hydrogen-bond donors (Lipinski definition) is 1. The molecule has 1 atom stereocenters. The van der Waals surface area contributed by atoms with Crippen LogP contribution in [0.4, 0.5) is 0 Å². The third kappa shape index (κ3) is 2.82. The van der Waals surface area contributed by atoms with Gasteiger partial charge in [0.15, 0.2) is 5.69 Å². The molecule has 6 nitrogen and oxygen atoms in total. The predicted octanol–water partition coefficient (Wildman–Crippen LogP) is 2.52. The zero-order valence-corrected chi connectivity index (χ0v) is 13.3. The van der Waals surface area contributed by atoms with Gasteiger partial charge in [-0.15, -0.1) is 0 Å². The van der Waals surface area contributed by atoms with E-state index in [1.54, 1.807) is 29.9 Å². The fourth-order valence-electron chi connectivity index (χ4n) is 2.83. The van der Waals surface area contributed by atoms with Gasteiger partial charge in [-0.3, -0.25) is 4.79 Å². The van der Waals surface area contributed by atoms with Crippen LogP contribution in [-0.2, 0) is 4.79 Å². The van der Waals surface area contributed by atoms with Crippen LogP contribution in [0.5, 0.6) is 0 Å². The molecule has 1 aromatic carbocycles. The van der Waals surface area contributed by atoms with Crippen molar-refractivity contribution in [2.24, 2.45) is 0 Å². The molecule has 0 spiro atoms. The number of carboxylic acid groups (broad SMARTS) is 1. The lowest BCUT2D eigenvalue weighted by Crippen LogP contribution is -2.40. The largest absolute Gasteiger partial charge is 0.480 e. The van der Waals surface area contributed by atoms with E-state index < -0.39 is 12.0 Å². The number of aryl methyl sites for hydroxylation is 1. The summed E-state index contributed by atoms with van der Waals surface area (Å²) < 4.78 is 1.55. The number of rotatable bonds is 3. The Morgan fingerprint density at radius 1 is 1.35 bits per heavy atom. The number of hydrogen-bond acceptors (Lipinski definition) is 3. The summed E-state index contributed by atoms with van der Waals surface area (Å²) >= 11 is 6.16. The van der Waals surface area contributed by atoms with Crippen LogP contribution >= 0.6 is 11.6 Å². The van der Waals surface area contributed by atoms with Gasteiger partial charge < -0.3 is 10.0 Å². The maximum absolute atomic E-state index is 12.7. The van der Waals surface area contributed by atoms with Gasteiger partial charge in [0.1, 0.15) is 6.04 Å². The molecule has 120 valence electrons. The van der Waals surface area contributed by atoms with Gasteiger partial charge in [-0.25, -0.2) is 9.48 Å². The molecule has 1 aliphatic heterocycles. The first-order valence-corrected chi connectivity index (χ1v) is 7.72. The number of likely N-dealkylation sites (tertiary alicyclic amines) is 1. The summed E-state index contributed by atoms with van der Waals surface area (Å²) in [7, 11) is 0. The number of para-hydroxylation sites is 1. The molecule has 0 radical (unpaired) electrons. The van der Waals surface area contributed by atoms with Crippen molar-refractivity contribution < 1.29 is 14.7 Å². The molecule has 7 heteroatoms. The van der Waals surface area contributed by atoms with Crippen molar-refractivity contribution in [2.75, 3.05) is 6.54 Å². The predicted molar refractivity (Wildman–Crippen MR) is 85.0 cm³/mol. The third-order valence-corrected chi connectivity index (χ3v) is 4.32. The molecule has 0 bridgehead atoms. The lowest BCUT2D eigenvalue weighted by molar-refractivity contribution is -0.141. The van der Waals surface area contributed by atoms with Gasteiger partial charge in [0.25, 0.3) is 5.91 Å². The zero-order chi connectivity index (χ0) is 16.6. The standard InChI is InChI=1S/C16H16ClN3O3/c1-10-9-20(12-6-3-2-5-11(12)17)18-14(10)15(21)19-8-4-7-13(19)16(22)23/h2-3,5-6,9,13H,4,7-8H2,1H3,(H,22,23). The van der Waals surface area contributed by atoms with Gasteiger partial charge in [0, 0.05) is 18.3 Å². The van der Waals surface area contributed by atoms with Crippen molar-refractivity contribution in [3.05, 3.63) is 46.7 Å². The maximum Gasteiger partial charge on any atom is 0.326 e. The van der Waals surface area contributed by atoms with E-state index in [4.69, 9.17) is 11.6 Å². The number of aliphatic carboxylic acids is 1. The molecule has 2 aromatic rings. The van der Waals surface area contributed by atoms with Gasteiger partial charge in [-0.2, -0.15) is 5.10 Å². The van der Waals surface area contributed by atoms with Gasteiger partial charge in [0.2, 0.25) is 0 Å². The summed E-state index contributed by atoms with van der Waals surface area (Å²) in [5.74, 6) is -1.32. The first-order valence-electron chi connectivity index (χ1n) is 7.34. The first kappa shape index (κ1) is 15.6. The highest BCUT2D eigenvalue weighted by molar-refractivity contribution is 6.32. The van der Waals surface area contributed by atoms with E-state index >= 15 is 0 Å². The van der Waals surface area contributed by atoms with E-state index in [-0.39, 0.29) is 11.6 Å². The fourth-order valence-corrected chi connectivity index (χ4v) is 3.06. The molecule has 1 unspecified atom stereocenters. The molecule has 1 amide bonds. The summed E-state index contributed by atoms with van der Waals surface area (Å²) in [5.41, 5.74) is 1.62. The molecule has 23 heavy (non-hydrogen) atoms. The van der Waals surface area contributed by atoms with Gasteiger partial charge in [0.05, 0.1) is 10.7 Å². The molecule has 1 fully saturated rings. The van der Waals surface area contributed by atoms with Crippen molar-refractivity contribution in [1.29, 1.82) is 0 Å². The highest BCUT2D eigenvalue weighted by Crippen LogP contribution is 2.24. The lowest BCUT2D eigenvalue weighted by atomic mass is 10.2. The Labute approximate surface area is 138 Å². The summed E-state index contributed by atoms with van der Waals surface area (Å²) in [6.07, 6.45) is 2.89. The smallest absolute Gasteiger partial charge is 0.326 e.